The number of allylic oxidation sites excluding steroid dienone is 2. The van der Waals surface area contributed by atoms with Gasteiger partial charge in [-0.15, -0.1) is 11.3 Å². The second-order valence-electron chi connectivity index (χ2n) is 1.93. The number of thiophene rings is 1. The van der Waals surface area contributed by atoms with Crippen LogP contribution in [0.15, 0.2) is 23.6 Å². The molecule has 0 aliphatic rings. The van der Waals surface area contributed by atoms with Crippen LogP contribution in [-0.4, -0.2) is 0 Å². The fourth-order valence-corrected chi connectivity index (χ4v) is 1.38. The molecule has 0 atom stereocenters. The summed E-state index contributed by atoms with van der Waals surface area (Å²) in [6.07, 6.45) is 1.56. The highest BCUT2D eigenvalue weighted by molar-refractivity contribution is 7.11. The molecule has 0 spiro atoms. The predicted octanol–water partition coefficient (Wildman–Crippen LogP) is 2.67. The summed E-state index contributed by atoms with van der Waals surface area (Å²) in [5.74, 6) is 0. The van der Waals surface area contributed by atoms with Crippen molar-refractivity contribution in [1.29, 1.82) is 5.26 Å². The van der Waals surface area contributed by atoms with Gasteiger partial charge in [0, 0.05) is 11.0 Å². The minimum atomic E-state index is 1.04. The van der Waals surface area contributed by atoms with E-state index in [0.29, 0.717) is 0 Å². The second-order valence-corrected chi connectivity index (χ2v) is 2.88. The normalized spacial score (nSPS) is 11.0. The van der Waals surface area contributed by atoms with Gasteiger partial charge in [-0.2, -0.15) is 5.26 Å². The van der Waals surface area contributed by atoms with E-state index in [1.165, 1.54) is 4.88 Å². The summed E-state index contributed by atoms with van der Waals surface area (Å²) in [4.78, 5) is 1.17. The fourth-order valence-electron chi connectivity index (χ4n) is 0.671. The van der Waals surface area contributed by atoms with Crippen molar-refractivity contribution >= 4 is 16.9 Å². The molecule has 0 saturated heterocycles. The average Bonchev–Trinajstić information content (AvgIpc) is 2.38. The van der Waals surface area contributed by atoms with E-state index < -0.39 is 0 Å². The molecule has 0 fully saturated rings. The summed E-state index contributed by atoms with van der Waals surface area (Å²) in [5, 5.41) is 10.3. The summed E-state index contributed by atoms with van der Waals surface area (Å²) in [6.45, 7) is 1.94. The number of rotatable bonds is 1. The van der Waals surface area contributed by atoms with Crippen LogP contribution in [0.1, 0.15) is 11.8 Å². The molecule has 1 aromatic heterocycles. The molecule has 0 N–H and O–H groups in total. The Balaban J connectivity index is 2.90. The SMILES string of the molecule is CC(=CC#N)c1cccs1. The highest BCUT2D eigenvalue weighted by Crippen LogP contribution is 2.18. The monoisotopic (exact) mass is 149 g/mol. The molecule has 1 rings (SSSR count). The van der Waals surface area contributed by atoms with E-state index in [4.69, 9.17) is 5.26 Å². The predicted molar refractivity (Wildman–Crippen MR) is 43.6 cm³/mol. The Morgan fingerprint density at radius 1 is 1.80 bits per heavy atom. The third-order valence-corrected chi connectivity index (χ3v) is 2.20. The quantitative estimate of drug-likeness (QED) is 0.563. The van der Waals surface area contributed by atoms with E-state index in [0.717, 1.165) is 5.57 Å². The fraction of sp³-hybridized carbons (Fsp3) is 0.125. The van der Waals surface area contributed by atoms with Crippen LogP contribution in [0.25, 0.3) is 5.57 Å². The van der Waals surface area contributed by atoms with Crippen molar-refractivity contribution in [3.63, 3.8) is 0 Å². The van der Waals surface area contributed by atoms with E-state index in [2.05, 4.69) is 0 Å². The summed E-state index contributed by atoms with van der Waals surface area (Å²) in [6, 6.07) is 5.99. The summed E-state index contributed by atoms with van der Waals surface area (Å²) < 4.78 is 0. The van der Waals surface area contributed by atoms with Crippen LogP contribution in [0.3, 0.4) is 0 Å². The van der Waals surface area contributed by atoms with Crippen molar-refractivity contribution in [3.05, 3.63) is 28.5 Å². The van der Waals surface area contributed by atoms with Gasteiger partial charge in [-0.25, -0.2) is 0 Å². The van der Waals surface area contributed by atoms with Gasteiger partial charge in [0.15, 0.2) is 0 Å². The van der Waals surface area contributed by atoms with Gasteiger partial charge in [-0.3, -0.25) is 0 Å². The van der Waals surface area contributed by atoms with E-state index in [1.54, 1.807) is 17.4 Å². The Hall–Kier alpha value is -1.07. The summed E-state index contributed by atoms with van der Waals surface area (Å²) in [7, 11) is 0. The zero-order valence-corrected chi connectivity index (χ0v) is 6.48. The molecule has 0 saturated carbocycles. The molecule has 2 heteroatoms. The zero-order chi connectivity index (χ0) is 7.40. The highest BCUT2D eigenvalue weighted by Gasteiger charge is 1.92. The Bertz CT molecular complexity index is 264. The third kappa shape index (κ3) is 1.46. The Labute approximate surface area is 64.2 Å². The van der Waals surface area contributed by atoms with Crippen LogP contribution >= 0.6 is 11.3 Å². The van der Waals surface area contributed by atoms with Gasteiger partial charge in [0.2, 0.25) is 0 Å². The summed E-state index contributed by atoms with van der Waals surface area (Å²) >= 11 is 1.65. The molecule has 0 bridgehead atoms. The van der Waals surface area contributed by atoms with Gasteiger partial charge in [0.1, 0.15) is 0 Å². The van der Waals surface area contributed by atoms with E-state index in [1.807, 2.05) is 30.5 Å². The van der Waals surface area contributed by atoms with Crippen molar-refractivity contribution in [2.75, 3.05) is 0 Å². The topological polar surface area (TPSA) is 23.8 Å². The standard InChI is InChI=1S/C8H7NS/c1-7(4-5-9)8-3-2-6-10-8/h2-4,6H,1H3. The molecule has 0 aromatic carbocycles. The van der Waals surface area contributed by atoms with Gasteiger partial charge < -0.3 is 0 Å². The number of nitrogens with zero attached hydrogens (tertiary/aromatic N) is 1. The lowest BCUT2D eigenvalue weighted by molar-refractivity contribution is 1.53. The molecule has 10 heavy (non-hydrogen) atoms. The Morgan fingerprint density at radius 2 is 2.60 bits per heavy atom. The van der Waals surface area contributed by atoms with Crippen LogP contribution in [0.5, 0.6) is 0 Å². The first-order valence-corrected chi connectivity index (χ1v) is 3.83. The smallest absolute Gasteiger partial charge is 0.0915 e. The number of hydrogen-bond acceptors (Lipinski definition) is 2. The molecular weight excluding hydrogens is 142 g/mol. The van der Waals surface area contributed by atoms with Crippen LogP contribution in [0.4, 0.5) is 0 Å². The first-order chi connectivity index (χ1) is 4.84. The molecule has 0 unspecified atom stereocenters. The average molecular weight is 149 g/mol. The van der Waals surface area contributed by atoms with Crippen molar-refractivity contribution in [2.24, 2.45) is 0 Å². The lowest BCUT2D eigenvalue weighted by atomic mass is 10.2. The number of hydrogen-bond donors (Lipinski definition) is 0. The highest BCUT2D eigenvalue weighted by atomic mass is 32.1. The first-order valence-electron chi connectivity index (χ1n) is 2.95. The maximum atomic E-state index is 8.31. The largest absolute Gasteiger partial charge is 0.193 e. The maximum Gasteiger partial charge on any atom is 0.0915 e. The van der Waals surface area contributed by atoms with Crippen molar-refractivity contribution in [2.45, 2.75) is 6.92 Å². The zero-order valence-electron chi connectivity index (χ0n) is 5.66. The van der Waals surface area contributed by atoms with Gasteiger partial charge >= 0.3 is 0 Å². The van der Waals surface area contributed by atoms with E-state index >= 15 is 0 Å². The molecule has 1 nitrogen and oxygen atoms in total. The van der Waals surface area contributed by atoms with Crippen LogP contribution in [-0.2, 0) is 0 Å². The second kappa shape index (κ2) is 3.19. The van der Waals surface area contributed by atoms with Crippen LogP contribution in [0.2, 0.25) is 0 Å². The van der Waals surface area contributed by atoms with Crippen LogP contribution in [0, 0.1) is 11.3 Å². The third-order valence-electron chi connectivity index (χ3n) is 1.19. The molecule has 1 heterocycles. The molecule has 0 aliphatic carbocycles. The van der Waals surface area contributed by atoms with E-state index in [9.17, 15) is 0 Å². The molecule has 50 valence electrons. The molecule has 0 aliphatic heterocycles. The van der Waals surface area contributed by atoms with Crippen molar-refractivity contribution in [3.8, 4) is 6.07 Å². The van der Waals surface area contributed by atoms with Crippen molar-refractivity contribution < 1.29 is 0 Å². The summed E-state index contributed by atoms with van der Waals surface area (Å²) in [5.41, 5.74) is 1.04. The molecular formula is C8H7NS. The van der Waals surface area contributed by atoms with Gasteiger partial charge in [-0.1, -0.05) is 6.07 Å². The van der Waals surface area contributed by atoms with Gasteiger partial charge in [0.05, 0.1) is 6.07 Å². The van der Waals surface area contributed by atoms with E-state index in [-0.39, 0.29) is 0 Å². The van der Waals surface area contributed by atoms with Gasteiger partial charge in [-0.05, 0) is 23.9 Å². The minimum Gasteiger partial charge on any atom is -0.193 e. The van der Waals surface area contributed by atoms with Gasteiger partial charge in [0.25, 0.3) is 0 Å². The Morgan fingerprint density at radius 3 is 3.10 bits per heavy atom. The first kappa shape index (κ1) is 7.04. The molecule has 0 amide bonds. The lowest BCUT2D eigenvalue weighted by Crippen LogP contribution is -1.67. The maximum absolute atomic E-state index is 8.31. The molecule has 0 radical (unpaired) electrons. The molecule has 1 aromatic rings. The van der Waals surface area contributed by atoms with Crippen LogP contribution < -0.4 is 0 Å². The van der Waals surface area contributed by atoms with Crippen molar-refractivity contribution in [1.82, 2.24) is 0 Å². The Kier molecular flexibility index (Phi) is 2.24. The lowest BCUT2D eigenvalue weighted by Gasteiger charge is -1.89. The number of nitriles is 1. The minimum absolute atomic E-state index is 1.04.